The van der Waals surface area contributed by atoms with Crippen molar-refractivity contribution < 1.29 is 21.6 Å². The number of aryl methyl sites for hydroxylation is 1. The van der Waals surface area contributed by atoms with Crippen molar-refractivity contribution in [3.63, 3.8) is 0 Å². The number of benzene rings is 2. The van der Waals surface area contributed by atoms with Gasteiger partial charge in [0.25, 0.3) is 5.92 Å². The molecule has 2 aromatic carbocycles. The molecule has 0 saturated carbocycles. The second-order valence-electron chi connectivity index (χ2n) is 7.93. The average molecular weight is 424 g/mol. The molecule has 4 nitrogen and oxygen atoms in total. The predicted octanol–water partition coefficient (Wildman–Crippen LogP) is 3.59. The summed E-state index contributed by atoms with van der Waals surface area (Å²) < 4.78 is 69.4. The fourth-order valence-corrected chi connectivity index (χ4v) is 6.17. The first-order chi connectivity index (χ1) is 13.7. The van der Waals surface area contributed by atoms with E-state index in [9.17, 15) is 21.6 Å². The Hall–Kier alpha value is -1.90. The first-order valence-corrected chi connectivity index (χ1v) is 11.0. The number of halogens is 3. The van der Waals surface area contributed by atoms with Crippen LogP contribution in [0.25, 0.3) is 0 Å². The fourth-order valence-electron chi connectivity index (χ4n) is 4.29. The molecule has 1 saturated heterocycles. The molecule has 0 N–H and O–H groups in total. The molecule has 0 amide bonds. The second-order valence-corrected chi connectivity index (χ2v) is 9.79. The Labute approximate surface area is 169 Å². The molecule has 2 aliphatic heterocycles. The summed E-state index contributed by atoms with van der Waals surface area (Å²) in [7, 11) is -4.24. The maximum atomic E-state index is 14.3. The highest BCUT2D eigenvalue weighted by Crippen LogP contribution is 2.37. The molecule has 2 heterocycles. The van der Waals surface area contributed by atoms with E-state index in [1.165, 1.54) is 18.6 Å². The number of fused-ring (bicyclic) bond motifs is 1. The lowest BCUT2D eigenvalue weighted by atomic mass is 9.99. The van der Waals surface area contributed by atoms with E-state index in [-0.39, 0.29) is 11.4 Å². The van der Waals surface area contributed by atoms with Gasteiger partial charge in [-0.05, 0) is 42.2 Å². The van der Waals surface area contributed by atoms with E-state index in [2.05, 4.69) is 6.07 Å². The summed E-state index contributed by atoms with van der Waals surface area (Å²) in [5.41, 5.74) is 2.71. The molecular weight excluding hydrogens is 401 g/mol. The van der Waals surface area contributed by atoms with Gasteiger partial charge in [0.15, 0.2) is 0 Å². The van der Waals surface area contributed by atoms with Crippen molar-refractivity contribution in [1.82, 2.24) is 9.21 Å². The van der Waals surface area contributed by atoms with Crippen LogP contribution in [-0.2, 0) is 23.0 Å². The van der Waals surface area contributed by atoms with E-state index >= 15 is 0 Å². The number of sulfonamides is 1. The van der Waals surface area contributed by atoms with Gasteiger partial charge in [-0.25, -0.2) is 21.6 Å². The summed E-state index contributed by atoms with van der Waals surface area (Å²) in [6, 6.07) is 10.5. The number of rotatable bonds is 4. The van der Waals surface area contributed by atoms with Crippen molar-refractivity contribution in [2.75, 3.05) is 19.6 Å². The Morgan fingerprint density at radius 1 is 1.14 bits per heavy atom. The minimum atomic E-state index is -4.24. The van der Waals surface area contributed by atoms with Crippen LogP contribution in [0, 0.1) is 12.7 Å². The molecule has 0 aliphatic carbocycles. The van der Waals surface area contributed by atoms with Crippen molar-refractivity contribution in [1.29, 1.82) is 0 Å². The maximum Gasteiger partial charge on any atom is 0.263 e. The van der Waals surface area contributed by atoms with Crippen molar-refractivity contribution >= 4 is 10.0 Å². The first-order valence-electron chi connectivity index (χ1n) is 9.61. The molecule has 0 aromatic heterocycles. The zero-order valence-corrected chi connectivity index (χ0v) is 16.9. The van der Waals surface area contributed by atoms with Crippen LogP contribution < -0.4 is 0 Å². The lowest BCUT2D eigenvalue weighted by molar-refractivity contribution is 0.0165. The Morgan fingerprint density at radius 3 is 2.62 bits per heavy atom. The van der Waals surface area contributed by atoms with Gasteiger partial charge in [0.1, 0.15) is 5.82 Å². The molecule has 8 heteroatoms. The van der Waals surface area contributed by atoms with E-state index in [4.69, 9.17) is 0 Å². The van der Waals surface area contributed by atoms with Crippen LogP contribution in [-0.4, -0.2) is 49.2 Å². The molecule has 4 rings (SSSR count). The lowest BCUT2D eigenvalue weighted by Gasteiger charge is -2.33. The molecule has 156 valence electrons. The highest BCUT2D eigenvalue weighted by atomic mass is 32.2. The van der Waals surface area contributed by atoms with Gasteiger partial charge in [0.2, 0.25) is 10.0 Å². The number of hydrogen-bond donors (Lipinski definition) is 0. The third-order valence-electron chi connectivity index (χ3n) is 5.74. The van der Waals surface area contributed by atoms with Gasteiger partial charge >= 0.3 is 0 Å². The minimum absolute atomic E-state index is 0.220. The van der Waals surface area contributed by atoms with Gasteiger partial charge in [-0.15, -0.1) is 0 Å². The third kappa shape index (κ3) is 4.06. The van der Waals surface area contributed by atoms with Crippen LogP contribution in [0.4, 0.5) is 13.2 Å². The first kappa shape index (κ1) is 20.4. The van der Waals surface area contributed by atoms with Crippen LogP contribution >= 0.6 is 0 Å². The molecule has 1 atom stereocenters. The summed E-state index contributed by atoms with van der Waals surface area (Å²) in [5.74, 6) is -3.81. The van der Waals surface area contributed by atoms with Crippen LogP contribution in [0.1, 0.15) is 23.1 Å². The van der Waals surface area contributed by atoms with Gasteiger partial charge in [-0.3, -0.25) is 4.90 Å². The van der Waals surface area contributed by atoms with Gasteiger partial charge in [0.05, 0.1) is 11.4 Å². The zero-order valence-electron chi connectivity index (χ0n) is 16.1. The fraction of sp³-hybridized carbons (Fsp3) is 0.429. The molecule has 0 spiro atoms. The monoisotopic (exact) mass is 424 g/mol. The van der Waals surface area contributed by atoms with Crippen molar-refractivity contribution in [2.45, 2.75) is 43.2 Å². The average Bonchev–Trinajstić information content (AvgIpc) is 2.98. The summed E-state index contributed by atoms with van der Waals surface area (Å²) in [6.45, 7) is 2.17. The van der Waals surface area contributed by atoms with Gasteiger partial charge in [-0.1, -0.05) is 30.3 Å². The minimum Gasteiger partial charge on any atom is -0.297 e. The van der Waals surface area contributed by atoms with Crippen LogP contribution in [0.2, 0.25) is 0 Å². The Kier molecular flexibility index (Phi) is 5.21. The molecule has 1 fully saturated rings. The van der Waals surface area contributed by atoms with E-state index in [0.717, 1.165) is 28.4 Å². The van der Waals surface area contributed by atoms with Crippen molar-refractivity contribution in [2.24, 2.45) is 0 Å². The summed E-state index contributed by atoms with van der Waals surface area (Å²) >= 11 is 0. The van der Waals surface area contributed by atoms with E-state index in [1.54, 1.807) is 0 Å². The lowest BCUT2D eigenvalue weighted by Crippen LogP contribution is -2.44. The van der Waals surface area contributed by atoms with Crippen LogP contribution in [0.15, 0.2) is 47.4 Å². The number of hydrogen-bond acceptors (Lipinski definition) is 3. The summed E-state index contributed by atoms with van der Waals surface area (Å²) in [4.78, 5) is 1.78. The Balaban J connectivity index is 1.60. The largest absolute Gasteiger partial charge is 0.297 e. The van der Waals surface area contributed by atoms with Crippen LogP contribution in [0.5, 0.6) is 0 Å². The molecule has 2 aliphatic rings. The third-order valence-corrected chi connectivity index (χ3v) is 7.78. The van der Waals surface area contributed by atoms with Gasteiger partial charge in [0, 0.05) is 32.1 Å². The molecule has 2 aromatic rings. The molecule has 0 bridgehead atoms. The molecule has 0 radical (unpaired) electrons. The van der Waals surface area contributed by atoms with E-state index < -0.39 is 40.8 Å². The van der Waals surface area contributed by atoms with Crippen molar-refractivity contribution in [3.05, 3.63) is 65.0 Å². The number of alkyl halides is 2. The Morgan fingerprint density at radius 2 is 1.86 bits per heavy atom. The quantitative estimate of drug-likeness (QED) is 0.753. The standard InChI is InChI=1S/C21H23F3N2O2S/c1-15-6-7-18(22)10-20(15)29(27,28)26-14-21(23,24)11-19(26)13-25-9-8-16-4-2-3-5-17(16)12-25/h2-7,10,19H,8-9,11-14H2,1H3/t19-/m0/s1. The normalized spacial score (nSPS) is 22.6. The smallest absolute Gasteiger partial charge is 0.263 e. The molecule has 0 unspecified atom stereocenters. The SMILES string of the molecule is Cc1ccc(F)cc1S(=O)(=O)N1CC(F)(F)C[C@H]1CN1CCc2ccccc2C1. The zero-order chi connectivity index (χ0) is 20.8. The van der Waals surface area contributed by atoms with Gasteiger partial charge < -0.3 is 0 Å². The van der Waals surface area contributed by atoms with Gasteiger partial charge in [-0.2, -0.15) is 4.31 Å². The second kappa shape index (κ2) is 7.41. The molecule has 29 heavy (non-hydrogen) atoms. The van der Waals surface area contributed by atoms with E-state index in [0.29, 0.717) is 18.7 Å². The highest BCUT2D eigenvalue weighted by molar-refractivity contribution is 7.89. The maximum absolute atomic E-state index is 14.3. The molecular formula is C21H23F3N2O2S. The highest BCUT2D eigenvalue weighted by Gasteiger charge is 2.50. The predicted molar refractivity (Wildman–Crippen MR) is 104 cm³/mol. The summed E-state index contributed by atoms with van der Waals surface area (Å²) in [5, 5.41) is 0. The number of nitrogens with zero attached hydrogens (tertiary/aromatic N) is 2. The van der Waals surface area contributed by atoms with Crippen LogP contribution in [0.3, 0.4) is 0 Å². The summed E-state index contributed by atoms with van der Waals surface area (Å²) in [6.07, 6.45) is 0.272. The Bertz CT molecular complexity index is 1030. The van der Waals surface area contributed by atoms with E-state index in [1.807, 2.05) is 23.1 Å². The van der Waals surface area contributed by atoms with Crippen molar-refractivity contribution in [3.8, 4) is 0 Å². The topological polar surface area (TPSA) is 40.6 Å².